The lowest BCUT2D eigenvalue weighted by Crippen LogP contribution is -2.44. The molecule has 1 aliphatic rings. The van der Waals surface area contributed by atoms with Crippen molar-refractivity contribution in [1.82, 2.24) is 4.90 Å². The van der Waals surface area contributed by atoms with Crippen molar-refractivity contribution in [3.05, 3.63) is 113 Å². The number of ketones is 1. The van der Waals surface area contributed by atoms with Crippen LogP contribution in [0.5, 0.6) is 0 Å². The maximum Gasteiger partial charge on any atom is 0.298 e. The van der Waals surface area contributed by atoms with Crippen LogP contribution in [0.25, 0.3) is 5.76 Å². The quantitative estimate of drug-likeness (QED) is 0.410. The summed E-state index contributed by atoms with van der Waals surface area (Å²) in [7, 11) is 0. The highest BCUT2D eigenvalue weighted by molar-refractivity contribution is 6.47. The molecule has 0 saturated carbocycles. The Morgan fingerprint density at radius 3 is 1.90 bits per heavy atom. The lowest BCUT2D eigenvalue weighted by atomic mass is 9.91. The van der Waals surface area contributed by atoms with E-state index in [2.05, 4.69) is 0 Å². The van der Waals surface area contributed by atoms with Crippen molar-refractivity contribution in [1.29, 1.82) is 0 Å². The van der Waals surface area contributed by atoms with Gasteiger partial charge in [-0.15, -0.1) is 0 Å². The summed E-state index contributed by atoms with van der Waals surface area (Å²) in [5, 5.41) is 22.7. The molecule has 3 aromatic carbocycles. The summed E-state index contributed by atoms with van der Waals surface area (Å²) in [5.41, 5.74) is -1.00. The van der Waals surface area contributed by atoms with Crippen LogP contribution in [0, 0.1) is 0 Å². The fraction of sp³-hybridized carbons (Fsp3) is 0.0833. The molecule has 4 rings (SSSR count). The molecular formula is C24H19NO4. The second-order valence-electron chi connectivity index (χ2n) is 6.83. The van der Waals surface area contributed by atoms with Gasteiger partial charge in [0.25, 0.3) is 11.7 Å². The van der Waals surface area contributed by atoms with E-state index in [9.17, 15) is 19.8 Å². The topological polar surface area (TPSA) is 77.8 Å². The van der Waals surface area contributed by atoms with Gasteiger partial charge in [-0.3, -0.25) is 14.5 Å². The summed E-state index contributed by atoms with van der Waals surface area (Å²) in [6.07, 6.45) is 0. The van der Waals surface area contributed by atoms with Crippen LogP contribution in [-0.2, 0) is 21.9 Å². The zero-order chi connectivity index (χ0) is 20.4. The van der Waals surface area contributed by atoms with E-state index in [0.29, 0.717) is 11.1 Å². The van der Waals surface area contributed by atoms with E-state index in [4.69, 9.17) is 0 Å². The van der Waals surface area contributed by atoms with Crippen molar-refractivity contribution in [3.8, 4) is 0 Å². The average Bonchev–Trinajstić information content (AvgIpc) is 2.96. The summed E-state index contributed by atoms with van der Waals surface area (Å²) in [5.74, 6) is -2.20. The molecule has 0 radical (unpaired) electrons. The third-order valence-corrected chi connectivity index (χ3v) is 5.05. The van der Waals surface area contributed by atoms with Gasteiger partial charge in [-0.1, -0.05) is 91.0 Å². The summed E-state index contributed by atoms with van der Waals surface area (Å²) >= 11 is 0. The average molecular weight is 385 g/mol. The molecule has 1 aliphatic heterocycles. The number of rotatable bonds is 4. The van der Waals surface area contributed by atoms with Crippen molar-refractivity contribution < 1.29 is 19.8 Å². The number of carbonyl (C=O) groups is 2. The molecule has 5 nitrogen and oxygen atoms in total. The van der Waals surface area contributed by atoms with Crippen LogP contribution in [-0.4, -0.2) is 26.8 Å². The second kappa shape index (κ2) is 7.37. The first-order valence-electron chi connectivity index (χ1n) is 9.20. The van der Waals surface area contributed by atoms with Crippen molar-refractivity contribution in [2.75, 3.05) is 0 Å². The van der Waals surface area contributed by atoms with E-state index in [1.54, 1.807) is 60.7 Å². The van der Waals surface area contributed by atoms with Crippen LogP contribution < -0.4 is 0 Å². The molecule has 1 atom stereocenters. The molecule has 0 bridgehead atoms. The first-order chi connectivity index (χ1) is 14.0. The van der Waals surface area contributed by atoms with Crippen LogP contribution in [0.15, 0.2) is 96.6 Å². The predicted molar refractivity (Wildman–Crippen MR) is 108 cm³/mol. The van der Waals surface area contributed by atoms with Crippen molar-refractivity contribution in [2.24, 2.45) is 0 Å². The highest BCUT2D eigenvalue weighted by Gasteiger charge is 2.57. The maximum atomic E-state index is 12.9. The number of nitrogens with zero attached hydrogens (tertiary/aromatic N) is 1. The highest BCUT2D eigenvalue weighted by atomic mass is 16.3. The fourth-order valence-corrected chi connectivity index (χ4v) is 3.61. The highest BCUT2D eigenvalue weighted by Crippen LogP contribution is 2.43. The number of aliphatic hydroxyl groups is 2. The molecular weight excluding hydrogens is 366 g/mol. The van der Waals surface area contributed by atoms with E-state index >= 15 is 0 Å². The Balaban J connectivity index is 1.93. The lowest BCUT2D eigenvalue weighted by Gasteiger charge is -2.34. The van der Waals surface area contributed by atoms with Gasteiger partial charge in [-0.2, -0.15) is 0 Å². The summed E-state index contributed by atoms with van der Waals surface area (Å²) in [6.45, 7) is 0.0162. The Morgan fingerprint density at radius 2 is 1.31 bits per heavy atom. The molecule has 0 aromatic heterocycles. The molecule has 0 aliphatic carbocycles. The van der Waals surface area contributed by atoms with Gasteiger partial charge < -0.3 is 10.2 Å². The zero-order valence-electron chi connectivity index (χ0n) is 15.5. The zero-order valence-corrected chi connectivity index (χ0v) is 15.5. The molecule has 1 unspecified atom stereocenters. The lowest BCUT2D eigenvalue weighted by molar-refractivity contribution is -0.149. The number of amides is 1. The number of carbonyl (C=O) groups excluding carboxylic acids is 2. The van der Waals surface area contributed by atoms with Gasteiger partial charge in [0.1, 0.15) is 11.3 Å². The number of hydrogen-bond donors (Lipinski definition) is 2. The van der Waals surface area contributed by atoms with Gasteiger partial charge in [0, 0.05) is 17.7 Å². The number of hydrogen-bond acceptors (Lipinski definition) is 4. The number of benzene rings is 3. The van der Waals surface area contributed by atoms with E-state index in [1.807, 2.05) is 30.3 Å². The number of likely N-dealkylation sites (tertiary alicyclic amines) is 1. The van der Waals surface area contributed by atoms with Crippen LogP contribution in [0.3, 0.4) is 0 Å². The van der Waals surface area contributed by atoms with Crippen LogP contribution >= 0.6 is 0 Å². The molecule has 1 amide bonds. The molecule has 3 aromatic rings. The maximum absolute atomic E-state index is 12.9. The minimum Gasteiger partial charge on any atom is -0.507 e. The summed E-state index contributed by atoms with van der Waals surface area (Å²) in [6, 6.07) is 25.9. The van der Waals surface area contributed by atoms with Crippen LogP contribution in [0.1, 0.15) is 16.7 Å². The van der Waals surface area contributed by atoms with Gasteiger partial charge in [-0.05, 0) is 5.56 Å². The van der Waals surface area contributed by atoms with E-state index in [-0.39, 0.29) is 12.1 Å². The standard InChI is InChI=1S/C24H19NO4/c26-21(18-12-6-2-7-13-18)20-22(27)23(28)25(16-17-10-4-1-5-11-17)24(20,29)19-14-8-3-9-15-19/h1-15,26,29H,16H2/b21-20+. The molecule has 2 N–H and O–H groups in total. The van der Waals surface area contributed by atoms with Gasteiger partial charge in [0.05, 0.1) is 0 Å². The fourth-order valence-electron chi connectivity index (χ4n) is 3.61. The van der Waals surface area contributed by atoms with Crippen LogP contribution in [0.4, 0.5) is 0 Å². The smallest absolute Gasteiger partial charge is 0.298 e. The number of Topliss-reactive ketones (excluding diaryl/α,β-unsaturated/α-hetero) is 1. The first-order valence-corrected chi connectivity index (χ1v) is 9.20. The Kier molecular flexibility index (Phi) is 4.74. The SMILES string of the molecule is O=C1C(=O)N(Cc2ccccc2)C(O)(c2ccccc2)/C1=C(/O)c1ccccc1. The Bertz CT molecular complexity index is 1080. The van der Waals surface area contributed by atoms with E-state index < -0.39 is 23.2 Å². The van der Waals surface area contributed by atoms with Crippen molar-refractivity contribution >= 4 is 17.4 Å². The Hall–Kier alpha value is -3.70. The summed E-state index contributed by atoms with van der Waals surface area (Å²) < 4.78 is 0. The minimum atomic E-state index is -2.09. The molecule has 1 fully saturated rings. The summed E-state index contributed by atoms with van der Waals surface area (Å²) in [4.78, 5) is 27.0. The first kappa shape index (κ1) is 18.7. The van der Waals surface area contributed by atoms with E-state index in [0.717, 1.165) is 10.5 Å². The molecule has 29 heavy (non-hydrogen) atoms. The molecule has 144 valence electrons. The molecule has 5 heteroatoms. The van der Waals surface area contributed by atoms with Crippen molar-refractivity contribution in [3.63, 3.8) is 0 Å². The molecule has 1 heterocycles. The Labute approximate surface area is 168 Å². The third kappa shape index (κ3) is 3.11. The van der Waals surface area contributed by atoms with E-state index in [1.165, 1.54) is 0 Å². The Morgan fingerprint density at radius 1 is 0.793 bits per heavy atom. The third-order valence-electron chi connectivity index (χ3n) is 5.05. The normalized spacial score (nSPS) is 20.8. The second-order valence-corrected chi connectivity index (χ2v) is 6.83. The molecule has 1 saturated heterocycles. The largest absolute Gasteiger partial charge is 0.507 e. The number of aliphatic hydroxyl groups excluding tert-OH is 1. The minimum absolute atomic E-state index is 0.0162. The van der Waals surface area contributed by atoms with Gasteiger partial charge in [0.15, 0.2) is 0 Å². The predicted octanol–water partition coefficient (Wildman–Crippen LogP) is 3.41. The van der Waals surface area contributed by atoms with Gasteiger partial charge in [0.2, 0.25) is 5.72 Å². The van der Waals surface area contributed by atoms with Crippen molar-refractivity contribution in [2.45, 2.75) is 12.3 Å². The van der Waals surface area contributed by atoms with Gasteiger partial charge in [-0.25, -0.2) is 0 Å². The monoisotopic (exact) mass is 385 g/mol. The molecule has 0 spiro atoms. The van der Waals surface area contributed by atoms with Gasteiger partial charge >= 0.3 is 0 Å². The van der Waals surface area contributed by atoms with Crippen LogP contribution in [0.2, 0.25) is 0 Å².